The van der Waals surface area contributed by atoms with Crippen molar-refractivity contribution in [3.8, 4) is 28.3 Å². The number of benzene rings is 7. The highest BCUT2D eigenvalue weighted by Gasteiger charge is 2.26. The van der Waals surface area contributed by atoms with E-state index >= 15 is 0 Å². The number of hydrogen-bond donors (Lipinski definition) is 0. The molecule has 7 aromatic carbocycles. The number of nitrogens with zero attached hydrogens (tertiary/aromatic N) is 2. The van der Waals surface area contributed by atoms with Crippen LogP contribution in [0.2, 0.25) is 0 Å². The number of hydrogen-bond acceptors (Lipinski definition) is 2. The van der Waals surface area contributed by atoms with Gasteiger partial charge in [-0.25, -0.2) is 4.98 Å². The zero-order valence-corrected chi connectivity index (χ0v) is 39.6. The lowest BCUT2D eigenvalue weighted by molar-refractivity contribution is 0.304. The molecule has 0 saturated carbocycles. The predicted octanol–water partition coefficient (Wildman–Crippen LogP) is 17.4. The van der Waals surface area contributed by atoms with Crippen LogP contribution in [0.15, 0.2) is 146 Å². The second-order valence-electron chi connectivity index (χ2n) is 19.3. The number of ether oxygens (including phenoxy) is 1. The normalized spacial score (nSPS) is 12.2. The van der Waals surface area contributed by atoms with Crippen molar-refractivity contribution in [3.63, 3.8) is 0 Å². The third-order valence-electron chi connectivity index (χ3n) is 14.1. The molecule has 0 unspecified atom stereocenters. The second kappa shape index (κ2) is 20.4. The van der Waals surface area contributed by atoms with Gasteiger partial charge in [0.15, 0.2) is 0 Å². The number of aromatic nitrogens is 2. The van der Waals surface area contributed by atoms with Crippen molar-refractivity contribution in [1.29, 1.82) is 0 Å². The quantitative estimate of drug-likeness (QED) is 0.0532. The van der Waals surface area contributed by atoms with Crippen LogP contribution in [0.5, 0.6) is 5.75 Å². The van der Waals surface area contributed by atoms with Gasteiger partial charge in [-0.1, -0.05) is 215 Å². The highest BCUT2D eigenvalue weighted by atomic mass is 16.5. The van der Waals surface area contributed by atoms with E-state index in [1.54, 1.807) is 0 Å². The van der Waals surface area contributed by atoms with Crippen molar-refractivity contribution < 1.29 is 4.74 Å². The van der Waals surface area contributed by atoms with Crippen molar-refractivity contribution in [2.75, 3.05) is 6.61 Å². The van der Waals surface area contributed by atoms with Crippen LogP contribution >= 0.6 is 0 Å². The van der Waals surface area contributed by atoms with Crippen molar-refractivity contribution in [3.05, 3.63) is 168 Å². The Balaban J connectivity index is 1.25. The Hall–Kier alpha value is -5.67. The Bertz CT molecular complexity index is 2740. The second-order valence-corrected chi connectivity index (χ2v) is 19.3. The maximum absolute atomic E-state index is 6.28. The van der Waals surface area contributed by atoms with Crippen LogP contribution in [-0.4, -0.2) is 16.2 Å². The Morgan fingerprint density at radius 2 is 0.938 bits per heavy atom. The molecule has 3 heteroatoms. The molecule has 0 fully saturated rings. The smallest absolute Gasteiger partial charge is 0.141 e. The van der Waals surface area contributed by atoms with Gasteiger partial charge in [0.25, 0.3) is 0 Å². The van der Waals surface area contributed by atoms with Crippen LogP contribution in [0.3, 0.4) is 0 Å². The molecule has 0 N–H and O–H groups in total. The molecule has 1 heterocycles. The molecule has 0 aliphatic heterocycles. The first-order valence-electron chi connectivity index (χ1n) is 24.6. The van der Waals surface area contributed by atoms with Gasteiger partial charge in [-0.3, -0.25) is 0 Å². The maximum atomic E-state index is 6.28. The van der Waals surface area contributed by atoms with Gasteiger partial charge >= 0.3 is 0 Å². The third kappa shape index (κ3) is 9.70. The van der Waals surface area contributed by atoms with E-state index in [-0.39, 0.29) is 10.8 Å². The highest BCUT2D eigenvalue weighted by molar-refractivity contribution is 6.24. The summed E-state index contributed by atoms with van der Waals surface area (Å²) in [7, 11) is 0. The van der Waals surface area contributed by atoms with Crippen LogP contribution in [0.25, 0.3) is 55.1 Å². The molecule has 0 aliphatic rings. The molecule has 0 bridgehead atoms. The lowest BCUT2D eigenvalue weighted by Crippen LogP contribution is -2.18. The summed E-state index contributed by atoms with van der Waals surface area (Å²) in [5.74, 6) is 1.97. The zero-order chi connectivity index (χ0) is 44.5. The minimum absolute atomic E-state index is 0.0976. The first-order chi connectivity index (χ1) is 31.2. The molecule has 0 amide bonds. The third-order valence-corrected chi connectivity index (χ3v) is 14.1. The topological polar surface area (TPSA) is 27.1 Å². The monoisotopic (exact) mass is 847 g/mol. The average molecular weight is 847 g/mol. The van der Waals surface area contributed by atoms with E-state index in [1.165, 1.54) is 125 Å². The number of rotatable bonds is 21. The number of imidazole rings is 1. The van der Waals surface area contributed by atoms with Gasteiger partial charge < -0.3 is 9.30 Å². The van der Waals surface area contributed by atoms with Crippen molar-refractivity contribution >= 4 is 32.6 Å². The fraction of sp³-hybridized carbons (Fsp3) is 0.361. The summed E-state index contributed by atoms with van der Waals surface area (Å²) in [5, 5.41) is 4.99. The van der Waals surface area contributed by atoms with Crippen LogP contribution in [0.4, 0.5) is 0 Å². The number of unbranched alkanes of at least 4 members (excludes halogenated alkanes) is 10. The molecule has 1 aromatic heterocycles. The van der Waals surface area contributed by atoms with Crippen LogP contribution in [-0.2, 0) is 17.4 Å². The first-order valence-corrected chi connectivity index (χ1v) is 24.6. The van der Waals surface area contributed by atoms with Crippen molar-refractivity contribution in [2.24, 2.45) is 0 Å². The van der Waals surface area contributed by atoms with E-state index in [0.717, 1.165) is 48.6 Å². The minimum atomic E-state index is -0.180. The molecule has 64 heavy (non-hydrogen) atoms. The van der Waals surface area contributed by atoms with E-state index in [2.05, 4.69) is 192 Å². The molecule has 0 spiro atoms. The van der Waals surface area contributed by atoms with E-state index in [9.17, 15) is 0 Å². The zero-order valence-electron chi connectivity index (χ0n) is 39.6. The Kier molecular flexibility index (Phi) is 14.3. The molecule has 8 rings (SSSR count). The molecule has 0 aliphatic carbocycles. The fourth-order valence-corrected chi connectivity index (χ4v) is 9.82. The first kappa shape index (κ1) is 44.9. The van der Waals surface area contributed by atoms with Crippen LogP contribution < -0.4 is 4.74 Å². The molecular formula is C61H70N2O. The largest absolute Gasteiger partial charge is 0.494 e. The van der Waals surface area contributed by atoms with Crippen LogP contribution in [0.1, 0.15) is 141 Å². The van der Waals surface area contributed by atoms with Crippen molar-refractivity contribution in [1.82, 2.24) is 9.55 Å². The van der Waals surface area contributed by atoms with Gasteiger partial charge in [-0.2, -0.15) is 0 Å². The summed E-state index contributed by atoms with van der Waals surface area (Å²) in [6, 6.07) is 54.1. The number of aryl methyl sites for hydroxylation is 1. The summed E-state index contributed by atoms with van der Waals surface area (Å²) < 4.78 is 8.84. The number of fused-ring (bicyclic) bond motifs is 6. The Morgan fingerprint density at radius 1 is 0.438 bits per heavy atom. The van der Waals surface area contributed by atoms with Gasteiger partial charge in [0.1, 0.15) is 11.6 Å². The molecule has 330 valence electrons. The van der Waals surface area contributed by atoms with E-state index < -0.39 is 0 Å². The molecule has 0 saturated heterocycles. The molecular weight excluding hydrogens is 777 g/mol. The predicted molar refractivity (Wildman–Crippen MR) is 275 cm³/mol. The van der Waals surface area contributed by atoms with E-state index in [4.69, 9.17) is 9.72 Å². The summed E-state index contributed by atoms with van der Waals surface area (Å²) in [5.41, 5.74) is 10.8. The summed E-state index contributed by atoms with van der Waals surface area (Å²) in [6.45, 7) is 15.6. The van der Waals surface area contributed by atoms with Gasteiger partial charge in [0.2, 0.25) is 0 Å². The van der Waals surface area contributed by atoms with E-state index in [1.807, 2.05) is 0 Å². The Labute approximate surface area is 383 Å². The van der Waals surface area contributed by atoms with E-state index in [0.29, 0.717) is 0 Å². The highest BCUT2D eigenvalue weighted by Crippen LogP contribution is 2.43. The average Bonchev–Trinajstić information content (AvgIpc) is 3.72. The van der Waals surface area contributed by atoms with Gasteiger partial charge in [0, 0.05) is 33.7 Å². The lowest BCUT2D eigenvalue weighted by Gasteiger charge is -2.27. The molecule has 8 aromatic rings. The summed E-state index contributed by atoms with van der Waals surface area (Å²) in [4.78, 5) is 5.72. The molecule has 0 radical (unpaired) electrons. The fourth-order valence-electron chi connectivity index (χ4n) is 9.82. The molecule has 0 atom stereocenters. The van der Waals surface area contributed by atoms with Gasteiger partial charge in [-0.05, 0) is 93.4 Å². The Morgan fingerprint density at radius 3 is 1.58 bits per heavy atom. The summed E-state index contributed by atoms with van der Waals surface area (Å²) >= 11 is 0. The molecule has 3 nitrogen and oxygen atoms in total. The SMILES string of the molecule is CCCCCCCCOc1ccc(-c2nc3c4cc(-c5ccc(C(C)(C)c6ccccc6)cc5)ccc4c4ccc(C(C)(C)c5ccccc5)cc4c3n2CCCCCCCC)cc1. The van der Waals surface area contributed by atoms with Gasteiger partial charge in [-0.15, -0.1) is 0 Å². The van der Waals surface area contributed by atoms with Gasteiger partial charge in [0.05, 0.1) is 17.6 Å². The minimum Gasteiger partial charge on any atom is -0.494 e. The van der Waals surface area contributed by atoms with Crippen LogP contribution in [0, 0.1) is 0 Å². The maximum Gasteiger partial charge on any atom is 0.141 e. The van der Waals surface area contributed by atoms with Crippen molar-refractivity contribution in [2.45, 2.75) is 136 Å². The standard InChI is InChI=1S/C61H70N2O/c1-7-9-11-13-15-23-41-63-58-56-44-51(61(5,6)49-27-21-18-22-28-49)36-40-54(56)53-39-33-47(45-29-34-50(35-30-45)60(3,4)48-25-19-17-20-26-48)43-55(53)57(58)62-59(63)46-31-37-52(38-32-46)64-42-24-16-14-12-10-8-2/h17-22,25-40,43-44H,7-16,23-24,41-42H2,1-6H3. The lowest BCUT2D eigenvalue weighted by atomic mass is 9.77. The summed E-state index contributed by atoms with van der Waals surface area (Å²) in [6.07, 6.45) is 15.0.